The van der Waals surface area contributed by atoms with E-state index >= 15 is 0 Å². The van der Waals surface area contributed by atoms with Gasteiger partial charge in [-0.3, -0.25) is 0 Å². The molecule has 14 heavy (non-hydrogen) atoms. The first-order chi connectivity index (χ1) is 6.52. The van der Waals surface area contributed by atoms with E-state index in [0.29, 0.717) is 11.8 Å². The standard InChI is InChI=1S/C13H18Cl/c1-9(2)13(10(3)4)11-5-7-12(14)8-6-11/h5-10H,1-4H3. The van der Waals surface area contributed by atoms with Crippen LogP contribution < -0.4 is 0 Å². The number of hydrogen-bond acceptors (Lipinski definition) is 0. The minimum atomic E-state index is 0.594. The van der Waals surface area contributed by atoms with Crippen molar-refractivity contribution in [2.24, 2.45) is 11.8 Å². The predicted molar refractivity (Wildman–Crippen MR) is 63.5 cm³/mol. The van der Waals surface area contributed by atoms with Gasteiger partial charge in [0.25, 0.3) is 0 Å². The Morgan fingerprint density at radius 1 is 0.929 bits per heavy atom. The van der Waals surface area contributed by atoms with Crippen LogP contribution >= 0.6 is 11.6 Å². The molecule has 0 fully saturated rings. The molecule has 0 N–H and O–H groups in total. The highest BCUT2D eigenvalue weighted by molar-refractivity contribution is 6.30. The normalized spacial score (nSPS) is 11.7. The Labute approximate surface area is 92.3 Å². The largest absolute Gasteiger partial charge is 0.0843 e. The molecule has 1 rings (SSSR count). The molecule has 0 aliphatic carbocycles. The fraction of sp³-hybridized carbons (Fsp3) is 0.462. The first-order valence-electron chi connectivity index (χ1n) is 5.15. The van der Waals surface area contributed by atoms with Gasteiger partial charge in [0, 0.05) is 10.9 Å². The molecule has 1 radical (unpaired) electrons. The van der Waals surface area contributed by atoms with Crippen molar-refractivity contribution in [3.05, 3.63) is 40.8 Å². The second-order valence-corrected chi connectivity index (χ2v) is 4.71. The molecule has 0 unspecified atom stereocenters. The molecule has 0 saturated heterocycles. The van der Waals surface area contributed by atoms with Gasteiger partial charge in [0.1, 0.15) is 0 Å². The van der Waals surface area contributed by atoms with Gasteiger partial charge in [-0.25, -0.2) is 0 Å². The Morgan fingerprint density at radius 2 is 1.36 bits per heavy atom. The number of halogens is 1. The summed E-state index contributed by atoms with van der Waals surface area (Å²) in [6.45, 7) is 8.96. The fourth-order valence-corrected chi connectivity index (χ4v) is 2.10. The summed E-state index contributed by atoms with van der Waals surface area (Å²) in [6, 6.07) is 8.14. The Bertz CT molecular complexity index is 264. The summed E-state index contributed by atoms with van der Waals surface area (Å²) in [5, 5.41) is 0.806. The summed E-state index contributed by atoms with van der Waals surface area (Å²) in [6.07, 6.45) is 0. The third-order valence-corrected chi connectivity index (χ3v) is 2.67. The quantitative estimate of drug-likeness (QED) is 0.684. The van der Waals surface area contributed by atoms with Gasteiger partial charge in [0.2, 0.25) is 0 Å². The van der Waals surface area contributed by atoms with E-state index in [2.05, 4.69) is 39.8 Å². The summed E-state index contributed by atoms with van der Waals surface area (Å²) in [7, 11) is 0. The zero-order valence-electron chi connectivity index (χ0n) is 9.34. The van der Waals surface area contributed by atoms with Crippen molar-refractivity contribution in [3.63, 3.8) is 0 Å². The molecule has 0 aliphatic rings. The summed E-state index contributed by atoms with van der Waals surface area (Å²) in [4.78, 5) is 0. The maximum Gasteiger partial charge on any atom is 0.0406 e. The van der Waals surface area contributed by atoms with Crippen LogP contribution in [-0.4, -0.2) is 0 Å². The first kappa shape index (κ1) is 11.6. The van der Waals surface area contributed by atoms with Crippen LogP contribution in [0, 0.1) is 17.8 Å². The minimum absolute atomic E-state index is 0.594. The maximum absolute atomic E-state index is 5.87. The highest BCUT2D eigenvalue weighted by Crippen LogP contribution is 2.31. The van der Waals surface area contributed by atoms with Crippen molar-refractivity contribution in [1.82, 2.24) is 0 Å². The van der Waals surface area contributed by atoms with Crippen molar-refractivity contribution < 1.29 is 0 Å². The van der Waals surface area contributed by atoms with E-state index in [9.17, 15) is 0 Å². The lowest BCUT2D eigenvalue weighted by Crippen LogP contribution is -2.14. The molecular formula is C13H18Cl. The highest BCUT2D eigenvalue weighted by Gasteiger charge is 2.19. The maximum atomic E-state index is 5.87. The molecule has 1 aromatic rings. The average molecular weight is 210 g/mol. The van der Waals surface area contributed by atoms with Crippen molar-refractivity contribution in [1.29, 1.82) is 0 Å². The molecule has 0 amide bonds. The Balaban J connectivity index is 2.94. The number of rotatable bonds is 3. The number of benzene rings is 1. The molecule has 0 aliphatic heterocycles. The van der Waals surface area contributed by atoms with Gasteiger partial charge in [-0.1, -0.05) is 51.4 Å². The molecule has 0 atom stereocenters. The molecule has 0 bridgehead atoms. The fourth-order valence-electron chi connectivity index (χ4n) is 1.98. The zero-order valence-corrected chi connectivity index (χ0v) is 10.1. The van der Waals surface area contributed by atoms with Crippen molar-refractivity contribution in [2.75, 3.05) is 0 Å². The second kappa shape index (κ2) is 4.84. The second-order valence-electron chi connectivity index (χ2n) is 4.27. The molecule has 0 nitrogen and oxygen atoms in total. The topological polar surface area (TPSA) is 0 Å². The van der Waals surface area contributed by atoms with Crippen LogP contribution in [-0.2, 0) is 0 Å². The molecule has 0 heterocycles. The average Bonchev–Trinajstić information content (AvgIpc) is 2.07. The van der Waals surface area contributed by atoms with Crippen LogP contribution in [0.25, 0.3) is 0 Å². The Hall–Kier alpha value is -0.490. The monoisotopic (exact) mass is 209 g/mol. The lowest BCUT2D eigenvalue weighted by molar-refractivity contribution is 0.542. The SMILES string of the molecule is CC(C)[C](c1ccc(Cl)cc1)C(C)C. The number of hydrogen-bond donors (Lipinski definition) is 0. The van der Waals surface area contributed by atoms with Gasteiger partial charge in [-0.05, 0) is 29.5 Å². The van der Waals surface area contributed by atoms with Gasteiger partial charge >= 0.3 is 0 Å². The lowest BCUT2D eigenvalue weighted by Gasteiger charge is -2.24. The zero-order chi connectivity index (χ0) is 10.7. The van der Waals surface area contributed by atoms with E-state index in [-0.39, 0.29) is 0 Å². The van der Waals surface area contributed by atoms with Crippen LogP contribution in [0.5, 0.6) is 0 Å². The van der Waals surface area contributed by atoms with Crippen molar-refractivity contribution in [3.8, 4) is 0 Å². The van der Waals surface area contributed by atoms with Gasteiger partial charge in [-0.2, -0.15) is 0 Å². The van der Waals surface area contributed by atoms with Gasteiger partial charge in [0.15, 0.2) is 0 Å². The molecular weight excluding hydrogens is 192 g/mol. The Morgan fingerprint density at radius 3 is 1.71 bits per heavy atom. The van der Waals surface area contributed by atoms with Crippen LogP contribution in [0.4, 0.5) is 0 Å². The van der Waals surface area contributed by atoms with Crippen molar-refractivity contribution in [2.45, 2.75) is 27.7 Å². The molecule has 77 valence electrons. The molecule has 0 aromatic heterocycles. The summed E-state index contributed by atoms with van der Waals surface area (Å²) in [5.74, 6) is 2.69. The molecule has 1 heteroatoms. The highest BCUT2D eigenvalue weighted by atomic mass is 35.5. The minimum Gasteiger partial charge on any atom is -0.0843 e. The Kier molecular flexibility index (Phi) is 4.00. The van der Waals surface area contributed by atoms with Crippen LogP contribution in [0.3, 0.4) is 0 Å². The third-order valence-electron chi connectivity index (χ3n) is 2.42. The molecule has 0 saturated carbocycles. The van der Waals surface area contributed by atoms with E-state index in [1.165, 1.54) is 11.5 Å². The lowest BCUT2D eigenvalue weighted by atomic mass is 9.80. The summed E-state index contributed by atoms with van der Waals surface area (Å²) in [5.41, 5.74) is 1.32. The van der Waals surface area contributed by atoms with Gasteiger partial charge in [0.05, 0.1) is 0 Å². The van der Waals surface area contributed by atoms with E-state index in [1.54, 1.807) is 0 Å². The van der Waals surface area contributed by atoms with E-state index in [4.69, 9.17) is 11.6 Å². The smallest absolute Gasteiger partial charge is 0.0406 e. The van der Waals surface area contributed by atoms with Crippen LogP contribution in [0.15, 0.2) is 24.3 Å². The third kappa shape index (κ3) is 2.75. The van der Waals surface area contributed by atoms with Gasteiger partial charge in [-0.15, -0.1) is 0 Å². The van der Waals surface area contributed by atoms with Crippen molar-refractivity contribution >= 4 is 11.6 Å². The van der Waals surface area contributed by atoms with Crippen LogP contribution in [0.1, 0.15) is 33.3 Å². The first-order valence-corrected chi connectivity index (χ1v) is 5.53. The van der Waals surface area contributed by atoms with E-state index in [0.717, 1.165) is 5.02 Å². The van der Waals surface area contributed by atoms with Gasteiger partial charge < -0.3 is 0 Å². The van der Waals surface area contributed by atoms with Crippen LogP contribution in [0.2, 0.25) is 5.02 Å². The van der Waals surface area contributed by atoms with E-state index < -0.39 is 0 Å². The summed E-state index contributed by atoms with van der Waals surface area (Å²) >= 11 is 5.87. The molecule has 1 aromatic carbocycles. The molecule has 0 spiro atoms. The summed E-state index contributed by atoms with van der Waals surface area (Å²) < 4.78 is 0. The van der Waals surface area contributed by atoms with E-state index in [1.807, 2.05) is 12.1 Å². The predicted octanol–water partition coefficient (Wildman–Crippen LogP) is 4.57.